The van der Waals surface area contributed by atoms with Crippen LogP contribution in [-0.4, -0.2) is 30.6 Å². The molecule has 0 bridgehead atoms. The van der Waals surface area contributed by atoms with Gasteiger partial charge in [0.2, 0.25) is 0 Å². The molecule has 21 heavy (non-hydrogen) atoms. The highest BCUT2D eigenvalue weighted by Gasteiger charge is 2.08. The number of methoxy groups -OCH3 is 1. The number of aromatic nitrogens is 1. The van der Waals surface area contributed by atoms with Crippen molar-refractivity contribution < 1.29 is 19.1 Å². The van der Waals surface area contributed by atoms with Crippen LogP contribution in [0.25, 0.3) is 0 Å². The van der Waals surface area contributed by atoms with E-state index in [9.17, 15) is 9.59 Å². The van der Waals surface area contributed by atoms with Gasteiger partial charge in [0.25, 0.3) is 5.91 Å². The highest BCUT2D eigenvalue weighted by Crippen LogP contribution is 2.09. The van der Waals surface area contributed by atoms with Crippen molar-refractivity contribution in [2.45, 2.75) is 0 Å². The standard InChI is InChI=1S/C15H14N2O4/c1-20-15(19)13-8-7-11(9-16-13)17-14(18)10-21-12-5-3-2-4-6-12/h2-9H,10H2,1H3,(H,17,18). The molecule has 2 rings (SSSR count). The molecule has 6 nitrogen and oxygen atoms in total. The Hall–Kier alpha value is -2.89. The lowest BCUT2D eigenvalue weighted by Gasteiger charge is -2.07. The van der Waals surface area contributed by atoms with Crippen molar-refractivity contribution in [1.82, 2.24) is 4.98 Å². The smallest absolute Gasteiger partial charge is 0.356 e. The third-order valence-electron chi connectivity index (χ3n) is 2.55. The van der Waals surface area contributed by atoms with Crippen molar-refractivity contribution >= 4 is 17.6 Å². The van der Waals surface area contributed by atoms with E-state index >= 15 is 0 Å². The molecule has 2 aromatic rings. The average Bonchev–Trinajstić information content (AvgIpc) is 2.54. The Labute approximate surface area is 121 Å². The first-order valence-corrected chi connectivity index (χ1v) is 6.21. The van der Waals surface area contributed by atoms with Crippen LogP contribution in [0.3, 0.4) is 0 Å². The molecule has 1 N–H and O–H groups in total. The number of nitrogens with one attached hydrogen (secondary N) is 1. The zero-order valence-corrected chi connectivity index (χ0v) is 11.4. The summed E-state index contributed by atoms with van der Waals surface area (Å²) < 4.78 is 9.85. The lowest BCUT2D eigenvalue weighted by atomic mass is 10.3. The number of nitrogens with zero attached hydrogens (tertiary/aromatic N) is 1. The molecule has 108 valence electrons. The highest BCUT2D eigenvalue weighted by molar-refractivity contribution is 5.92. The van der Waals surface area contributed by atoms with E-state index in [1.54, 1.807) is 18.2 Å². The van der Waals surface area contributed by atoms with Crippen LogP contribution in [0.5, 0.6) is 5.75 Å². The molecule has 0 unspecified atom stereocenters. The van der Waals surface area contributed by atoms with E-state index < -0.39 is 5.97 Å². The number of rotatable bonds is 5. The van der Waals surface area contributed by atoms with Crippen LogP contribution < -0.4 is 10.1 Å². The summed E-state index contributed by atoms with van der Waals surface area (Å²) in [7, 11) is 1.28. The number of hydrogen-bond donors (Lipinski definition) is 1. The summed E-state index contributed by atoms with van der Waals surface area (Å²) >= 11 is 0. The van der Waals surface area contributed by atoms with E-state index in [1.165, 1.54) is 19.4 Å². The zero-order chi connectivity index (χ0) is 15.1. The average molecular weight is 286 g/mol. The number of hydrogen-bond acceptors (Lipinski definition) is 5. The van der Waals surface area contributed by atoms with E-state index in [-0.39, 0.29) is 18.2 Å². The van der Waals surface area contributed by atoms with Crippen LogP contribution in [-0.2, 0) is 9.53 Å². The van der Waals surface area contributed by atoms with Crippen LogP contribution in [0.1, 0.15) is 10.5 Å². The van der Waals surface area contributed by atoms with Crippen molar-refractivity contribution in [1.29, 1.82) is 0 Å². The van der Waals surface area contributed by atoms with Gasteiger partial charge in [-0.2, -0.15) is 0 Å². The SMILES string of the molecule is COC(=O)c1ccc(NC(=O)COc2ccccc2)cn1. The summed E-state index contributed by atoms with van der Waals surface area (Å²) in [5.74, 6) is -0.224. The Bertz CT molecular complexity index is 611. The van der Waals surface area contributed by atoms with Crippen molar-refractivity contribution in [3.63, 3.8) is 0 Å². The predicted molar refractivity (Wildman–Crippen MR) is 76.1 cm³/mol. The first-order chi connectivity index (χ1) is 10.2. The lowest BCUT2D eigenvalue weighted by Crippen LogP contribution is -2.20. The minimum absolute atomic E-state index is 0.108. The van der Waals surface area contributed by atoms with Crippen molar-refractivity contribution in [2.75, 3.05) is 19.0 Å². The van der Waals surface area contributed by atoms with Crippen LogP contribution in [0.15, 0.2) is 48.7 Å². The molecule has 0 aliphatic heterocycles. The van der Waals surface area contributed by atoms with Gasteiger partial charge in [0, 0.05) is 0 Å². The maximum Gasteiger partial charge on any atom is 0.356 e. The number of ether oxygens (including phenoxy) is 2. The molecule has 1 heterocycles. The molecule has 1 amide bonds. The maximum atomic E-state index is 11.7. The van der Waals surface area contributed by atoms with Gasteiger partial charge in [-0.1, -0.05) is 18.2 Å². The summed E-state index contributed by atoms with van der Waals surface area (Å²) in [5, 5.41) is 2.62. The number of para-hydroxylation sites is 1. The largest absolute Gasteiger partial charge is 0.484 e. The first kappa shape index (κ1) is 14.5. The summed E-state index contributed by atoms with van der Waals surface area (Å²) in [6, 6.07) is 12.1. The normalized spacial score (nSPS) is 9.76. The van der Waals surface area contributed by atoms with Gasteiger partial charge in [0.1, 0.15) is 11.4 Å². The van der Waals surface area contributed by atoms with Gasteiger partial charge >= 0.3 is 5.97 Å². The number of carbonyl (C=O) groups is 2. The molecule has 1 aromatic carbocycles. The number of esters is 1. The van der Waals surface area contributed by atoms with Crippen LogP contribution in [0.2, 0.25) is 0 Å². The van der Waals surface area contributed by atoms with Gasteiger partial charge in [-0.25, -0.2) is 9.78 Å². The number of carbonyl (C=O) groups excluding carboxylic acids is 2. The molecule has 0 saturated heterocycles. The van der Waals surface area contributed by atoms with Crippen molar-refractivity contribution in [3.8, 4) is 5.75 Å². The first-order valence-electron chi connectivity index (χ1n) is 6.21. The summed E-state index contributed by atoms with van der Waals surface area (Å²) in [4.78, 5) is 26.8. The van der Waals surface area contributed by atoms with E-state index in [1.807, 2.05) is 18.2 Å². The molecule has 0 fully saturated rings. The summed E-state index contributed by atoms with van der Waals surface area (Å²) in [6.45, 7) is -0.108. The molecule has 1 aromatic heterocycles. The number of benzene rings is 1. The molecule has 6 heteroatoms. The Balaban J connectivity index is 1.86. The molecular formula is C15H14N2O4. The molecule has 0 aliphatic rings. The molecule has 0 spiro atoms. The predicted octanol–water partition coefficient (Wildman–Crippen LogP) is 1.89. The highest BCUT2D eigenvalue weighted by atomic mass is 16.5. The molecule has 0 radical (unpaired) electrons. The molecule has 0 atom stereocenters. The summed E-state index contributed by atoms with van der Waals surface area (Å²) in [5.41, 5.74) is 0.653. The van der Waals surface area contributed by atoms with Gasteiger partial charge < -0.3 is 14.8 Å². The third-order valence-corrected chi connectivity index (χ3v) is 2.55. The van der Waals surface area contributed by atoms with Gasteiger partial charge in [-0.3, -0.25) is 4.79 Å². The van der Waals surface area contributed by atoms with E-state index in [0.717, 1.165) is 0 Å². The Morgan fingerprint density at radius 1 is 1.14 bits per heavy atom. The van der Waals surface area contributed by atoms with E-state index in [0.29, 0.717) is 11.4 Å². The number of anilines is 1. The third kappa shape index (κ3) is 4.31. The second-order valence-electron chi connectivity index (χ2n) is 4.07. The Morgan fingerprint density at radius 3 is 2.52 bits per heavy atom. The Kier molecular flexibility index (Phi) is 4.87. The summed E-state index contributed by atoms with van der Waals surface area (Å²) in [6.07, 6.45) is 1.38. The van der Waals surface area contributed by atoms with Crippen molar-refractivity contribution in [3.05, 3.63) is 54.4 Å². The fourth-order valence-electron chi connectivity index (χ4n) is 1.56. The minimum Gasteiger partial charge on any atom is -0.484 e. The van der Waals surface area contributed by atoms with Crippen LogP contribution in [0, 0.1) is 0 Å². The van der Waals surface area contributed by atoms with Gasteiger partial charge in [-0.05, 0) is 24.3 Å². The second-order valence-corrected chi connectivity index (χ2v) is 4.07. The van der Waals surface area contributed by atoms with E-state index in [2.05, 4.69) is 15.0 Å². The fourth-order valence-corrected chi connectivity index (χ4v) is 1.56. The molecule has 0 saturated carbocycles. The van der Waals surface area contributed by atoms with Crippen LogP contribution in [0.4, 0.5) is 5.69 Å². The quantitative estimate of drug-likeness (QED) is 0.849. The van der Waals surface area contributed by atoms with Gasteiger partial charge in [-0.15, -0.1) is 0 Å². The molecule has 0 aliphatic carbocycles. The van der Waals surface area contributed by atoms with Crippen LogP contribution >= 0.6 is 0 Å². The Morgan fingerprint density at radius 2 is 1.90 bits per heavy atom. The number of pyridine rings is 1. The monoisotopic (exact) mass is 286 g/mol. The fraction of sp³-hybridized carbons (Fsp3) is 0.133. The van der Waals surface area contributed by atoms with Gasteiger partial charge in [0.05, 0.1) is 19.0 Å². The van der Waals surface area contributed by atoms with Crippen molar-refractivity contribution in [2.24, 2.45) is 0 Å². The second kappa shape index (κ2) is 7.04. The topological polar surface area (TPSA) is 77.5 Å². The lowest BCUT2D eigenvalue weighted by molar-refractivity contribution is -0.118. The zero-order valence-electron chi connectivity index (χ0n) is 11.4. The maximum absolute atomic E-state index is 11.7. The van der Waals surface area contributed by atoms with E-state index in [4.69, 9.17) is 4.74 Å². The number of amides is 1. The van der Waals surface area contributed by atoms with Gasteiger partial charge in [0.15, 0.2) is 6.61 Å². The minimum atomic E-state index is -0.528. The molecular weight excluding hydrogens is 272 g/mol.